The molecule has 5 nitrogen and oxygen atoms in total. The molecule has 0 unspecified atom stereocenters. The summed E-state index contributed by atoms with van der Waals surface area (Å²) in [5.41, 5.74) is 5.11. The Kier molecular flexibility index (Phi) is 5.55. The van der Waals surface area contributed by atoms with Crippen molar-refractivity contribution in [1.82, 2.24) is 10.4 Å². The van der Waals surface area contributed by atoms with Crippen LogP contribution >= 0.6 is 11.3 Å². The van der Waals surface area contributed by atoms with Crippen molar-refractivity contribution in [3.8, 4) is 0 Å². The van der Waals surface area contributed by atoms with E-state index >= 15 is 0 Å². The molecule has 1 aliphatic rings. The maximum absolute atomic E-state index is 13.5. The highest BCUT2D eigenvalue weighted by Crippen LogP contribution is 2.30. The molecule has 2 amide bonds. The van der Waals surface area contributed by atoms with Gasteiger partial charge in [-0.25, -0.2) is 5.48 Å². The van der Waals surface area contributed by atoms with E-state index in [4.69, 9.17) is 5.21 Å². The number of hydrogen-bond acceptors (Lipinski definition) is 4. The predicted octanol–water partition coefficient (Wildman–Crippen LogP) is 3.99. The lowest BCUT2D eigenvalue weighted by molar-refractivity contribution is -0.125. The fraction of sp³-hybridized carbons (Fsp3) is 0.130. The van der Waals surface area contributed by atoms with Gasteiger partial charge in [0.05, 0.1) is 4.88 Å². The second kappa shape index (κ2) is 8.43. The van der Waals surface area contributed by atoms with Crippen LogP contribution in [0.5, 0.6) is 0 Å². The largest absolute Gasteiger partial charge is 0.334 e. The van der Waals surface area contributed by atoms with E-state index in [1.165, 1.54) is 11.3 Å². The summed E-state index contributed by atoms with van der Waals surface area (Å²) in [5, 5.41) is 8.86. The molecule has 1 aliphatic heterocycles. The first-order valence-corrected chi connectivity index (χ1v) is 10.1. The first kappa shape index (κ1) is 19.1. The van der Waals surface area contributed by atoms with Gasteiger partial charge in [0.1, 0.15) is 0 Å². The van der Waals surface area contributed by atoms with Crippen LogP contribution in [0.1, 0.15) is 31.2 Å². The van der Waals surface area contributed by atoms with Crippen LogP contribution in [-0.4, -0.2) is 28.5 Å². The topological polar surface area (TPSA) is 69.6 Å². The van der Waals surface area contributed by atoms with Crippen LogP contribution in [0.3, 0.4) is 0 Å². The summed E-state index contributed by atoms with van der Waals surface area (Å²) < 4.78 is 0. The number of rotatable bonds is 4. The number of fused-ring (bicyclic) bond motifs is 1. The summed E-state index contributed by atoms with van der Waals surface area (Å²) in [6, 6.07) is 21.2. The highest BCUT2D eigenvalue weighted by molar-refractivity contribution is 7.14. The SMILES string of the molecule is O=C(NO)c1cc2c(s1)CCN(C(=O)/C(=C\c1ccccc1)c1ccccc1)C2. The quantitative estimate of drug-likeness (QED) is 0.299. The number of carbonyl (C=O) groups is 2. The maximum atomic E-state index is 13.5. The van der Waals surface area contributed by atoms with Gasteiger partial charge in [0.2, 0.25) is 0 Å². The number of thiophene rings is 1. The molecule has 4 rings (SSSR count). The third-order valence-electron chi connectivity index (χ3n) is 4.90. The lowest BCUT2D eigenvalue weighted by atomic mass is 10.00. The predicted molar refractivity (Wildman–Crippen MR) is 113 cm³/mol. The third-order valence-corrected chi connectivity index (χ3v) is 6.14. The van der Waals surface area contributed by atoms with Crippen LogP contribution in [0.15, 0.2) is 66.7 Å². The Balaban J connectivity index is 1.64. The average molecular weight is 404 g/mol. The second-order valence-electron chi connectivity index (χ2n) is 6.81. The van der Waals surface area contributed by atoms with Crippen molar-refractivity contribution in [1.29, 1.82) is 0 Å². The molecule has 0 radical (unpaired) electrons. The van der Waals surface area contributed by atoms with E-state index in [2.05, 4.69) is 0 Å². The van der Waals surface area contributed by atoms with Gasteiger partial charge in [-0.3, -0.25) is 14.8 Å². The Morgan fingerprint density at radius 3 is 2.41 bits per heavy atom. The summed E-state index contributed by atoms with van der Waals surface area (Å²) >= 11 is 1.36. The van der Waals surface area contributed by atoms with Gasteiger partial charge >= 0.3 is 0 Å². The molecule has 2 N–H and O–H groups in total. The van der Waals surface area contributed by atoms with E-state index in [0.717, 1.165) is 21.6 Å². The van der Waals surface area contributed by atoms with E-state index < -0.39 is 5.91 Å². The summed E-state index contributed by atoms with van der Waals surface area (Å²) in [7, 11) is 0. The molecule has 0 bridgehead atoms. The number of hydroxylamine groups is 1. The average Bonchev–Trinajstić information content (AvgIpc) is 3.21. The molecule has 0 spiro atoms. The first-order valence-electron chi connectivity index (χ1n) is 9.33. The zero-order chi connectivity index (χ0) is 20.2. The Morgan fingerprint density at radius 2 is 1.72 bits per heavy atom. The van der Waals surface area contributed by atoms with Crippen molar-refractivity contribution in [2.75, 3.05) is 6.54 Å². The lowest BCUT2D eigenvalue weighted by Crippen LogP contribution is -2.35. The fourth-order valence-corrected chi connectivity index (χ4v) is 4.50. The van der Waals surface area contributed by atoms with Crippen molar-refractivity contribution in [2.24, 2.45) is 0 Å². The zero-order valence-corrected chi connectivity index (χ0v) is 16.5. The van der Waals surface area contributed by atoms with E-state index in [9.17, 15) is 9.59 Å². The standard InChI is InChI=1S/C23H20N2O3S/c26-22(24-28)21-14-18-15-25(12-11-20(18)29-21)23(27)19(17-9-5-2-6-10-17)13-16-7-3-1-4-8-16/h1-10,13-14,28H,11-12,15H2,(H,24,26)/b19-13-. The van der Waals surface area contributed by atoms with Crippen LogP contribution < -0.4 is 5.48 Å². The highest BCUT2D eigenvalue weighted by Gasteiger charge is 2.26. The van der Waals surface area contributed by atoms with Crippen LogP contribution in [-0.2, 0) is 17.8 Å². The molecular formula is C23H20N2O3S. The van der Waals surface area contributed by atoms with Crippen molar-refractivity contribution < 1.29 is 14.8 Å². The van der Waals surface area contributed by atoms with Gasteiger partial charge in [-0.2, -0.15) is 0 Å². The lowest BCUT2D eigenvalue weighted by Gasteiger charge is -2.28. The van der Waals surface area contributed by atoms with Gasteiger partial charge in [-0.15, -0.1) is 11.3 Å². The Morgan fingerprint density at radius 1 is 1.03 bits per heavy atom. The van der Waals surface area contributed by atoms with E-state index in [-0.39, 0.29) is 5.91 Å². The molecule has 0 aliphatic carbocycles. The molecular weight excluding hydrogens is 384 g/mol. The third kappa shape index (κ3) is 4.13. The number of amides is 2. The van der Waals surface area contributed by atoms with Gasteiger partial charge in [0, 0.05) is 23.5 Å². The smallest absolute Gasteiger partial charge is 0.284 e. The zero-order valence-electron chi connectivity index (χ0n) is 15.7. The molecule has 3 aromatic rings. The molecule has 0 atom stereocenters. The van der Waals surface area contributed by atoms with Crippen molar-refractivity contribution in [2.45, 2.75) is 13.0 Å². The minimum atomic E-state index is -0.517. The summed E-state index contributed by atoms with van der Waals surface area (Å²) in [6.45, 7) is 1.04. The molecule has 2 heterocycles. The fourth-order valence-electron chi connectivity index (χ4n) is 3.45. The van der Waals surface area contributed by atoms with Crippen LogP contribution in [0.4, 0.5) is 0 Å². The molecule has 6 heteroatoms. The van der Waals surface area contributed by atoms with Gasteiger partial charge in [0.25, 0.3) is 11.8 Å². The molecule has 0 saturated heterocycles. The highest BCUT2D eigenvalue weighted by atomic mass is 32.1. The van der Waals surface area contributed by atoms with Crippen LogP contribution in [0.2, 0.25) is 0 Å². The molecule has 1 aromatic heterocycles. The summed E-state index contributed by atoms with van der Waals surface area (Å²) in [4.78, 5) is 28.5. The summed E-state index contributed by atoms with van der Waals surface area (Å²) in [6.07, 6.45) is 2.61. The van der Waals surface area contributed by atoms with E-state index in [1.807, 2.05) is 71.6 Å². The molecule has 0 saturated carbocycles. The van der Waals surface area contributed by atoms with Crippen molar-refractivity contribution in [3.05, 3.63) is 93.2 Å². The van der Waals surface area contributed by atoms with E-state index in [0.29, 0.717) is 30.0 Å². The first-order chi connectivity index (χ1) is 14.2. The van der Waals surface area contributed by atoms with Crippen molar-refractivity contribution >= 4 is 34.8 Å². The number of benzene rings is 2. The number of hydrogen-bond donors (Lipinski definition) is 2. The Bertz CT molecular complexity index is 1060. The van der Waals surface area contributed by atoms with E-state index in [1.54, 1.807) is 11.5 Å². The molecule has 2 aromatic carbocycles. The number of carbonyl (C=O) groups excluding carboxylic acids is 2. The maximum Gasteiger partial charge on any atom is 0.284 e. The molecule has 29 heavy (non-hydrogen) atoms. The Hall–Kier alpha value is -3.22. The van der Waals surface area contributed by atoms with Gasteiger partial charge < -0.3 is 4.90 Å². The molecule has 0 fully saturated rings. The monoisotopic (exact) mass is 404 g/mol. The number of nitrogens with zero attached hydrogens (tertiary/aromatic N) is 1. The second-order valence-corrected chi connectivity index (χ2v) is 7.95. The minimum absolute atomic E-state index is 0.0370. The van der Waals surface area contributed by atoms with Gasteiger partial charge in [0.15, 0.2) is 0 Å². The van der Waals surface area contributed by atoms with Gasteiger partial charge in [-0.05, 0) is 35.3 Å². The van der Waals surface area contributed by atoms with Crippen molar-refractivity contribution in [3.63, 3.8) is 0 Å². The van der Waals surface area contributed by atoms with Crippen LogP contribution in [0.25, 0.3) is 11.6 Å². The van der Waals surface area contributed by atoms with Gasteiger partial charge in [-0.1, -0.05) is 60.7 Å². The minimum Gasteiger partial charge on any atom is -0.334 e. The summed E-state index contributed by atoms with van der Waals surface area (Å²) in [5.74, 6) is -0.554. The Labute approximate surface area is 172 Å². The number of nitrogens with one attached hydrogen (secondary N) is 1. The molecule has 146 valence electrons. The van der Waals surface area contributed by atoms with Crippen LogP contribution in [0, 0.1) is 0 Å². The normalized spacial score (nSPS) is 13.7.